The third-order valence-electron chi connectivity index (χ3n) is 2.56. The summed E-state index contributed by atoms with van der Waals surface area (Å²) in [5.41, 5.74) is 0.0213. The van der Waals surface area contributed by atoms with Gasteiger partial charge in [-0.25, -0.2) is 4.79 Å². The van der Waals surface area contributed by atoms with Gasteiger partial charge in [-0.3, -0.25) is 9.36 Å². The number of rotatable bonds is 1. The van der Waals surface area contributed by atoms with E-state index in [0.717, 1.165) is 4.68 Å². The second kappa shape index (κ2) is 3.52. The quantitative estimate of drug-likeness (QED) is 0.672. The van der Waals surface area contributed by atoms with Crippen LogP contribution in [-0.4, -0.2) is 23.3 Å². The first-order chi connectivity index (χ1) is 7.54. The monoisotopic (exact) mass is 219 g/mol. The van der Waals surface area contributed by atoms with Gasteiger partial charge in [0.15, 0.2) is 0 Å². The van der Waals surface area contributed by atoms with Gasteiger partial charge >= 0.3 is 5.69 Å². The van der Waals surface area contributed by atoms with E-state index in [1.165, 1.54) is 9.58 Å². The lowest BCUT2D eigenvalue weighted by molar-refractivity contribution is 0.624. The first kappa shape index (κ1) is 10.5. The third kappa shape index (κ3) is 1.32. The van der Waals surface area contributed by atoms with Gasteiger partial charge in [0.05, 0.1) is 10.9 Å². The van der Waals surface area contributed by atoms with Gasteiger partial charge < -0.3 is 5.01 Å². The zero-order valence-corrected chi connectivity index (χ0v) is 9.47. The first-order valence-corrected chi connectivity index (χ1v) is 4.92. The minimum absolute atomic E-state index is 0.288. The highest BCUT2D eigenvalue weighted by Crippen LogP contribution is 2.05. The van der Waals surface area contributed by atoms with E-state index in [1.54, 1.807) is 45.4 Å². The van der Waals surface area contributed by atoms with Crippen LogP contribution in [-0.2, 0) is 7.05 Å². The number of aryl methyl sites for hydroxylation is 1. The van der Waals surface area contributed by atoms with Crippen LogP contribution in [0.5, 0.6) is 0 Å². The van der Waals surface area contributed by atoms with Crippen LogP contribution in [0.3, 0.4) is 0 Å². The fourth-order valence-corrected chi connectivity index (χ4v) is 1.75. The number of hydrogen-bond donors (Lipinski definition) is 0. The zero-order chi connectivity index (χ0) is 11.9. The molecule has 0 atom stereocenters. The van der Waals surface area contributed by atoms with Crippen LogP contribution in [0.25, 0.3) is 10.9 Å². The minimum Gasteiger partial charge on any atom is -0.312 e. The molecule has 5 heteroatoms. The van der Waals surface area contributed by atoms with Gasteiger partial charge in [0.1, 0.15) is 0 Å². The summed E-state index contributed by atoms with van der Waals surface area (Å²) in [6.45, 7) is 0. The van der Waals surface area contributed by atoms with Crippen molar-refractivity contribution in [2.45, 2.75) is 0 Å². The van der Waals surface area contributed by atoms with Crippen molar-refractivity contribution >= 4 is 10.9 Å². The predicted molar refractivity (Wildman–Crippen MR) is 63.5 cm³/mol. The molecule has 1 heterocycles. The van der Waals surface area contributed by atoms with Gasteiger partial charge in [-0.05, 0) is 12.1 Å². The van der Waals surface area contributed by atoms with Crippen LogP contribution < -0.4 is 16.3 Å². The standard InChI is InChI=1S/C11H13N3O2/c1-12(2)14-10(15)8-6-4-5-7-9(8)13(3)11(14)16/h4-7H,1-3H3. The lowest BCUT2D eigenvalue weighted by atomic mass is 10.2. The lowest BCUT2D eigenvalue weighted by Crippen LogP contribution is -2.48. The summed E-state index contributed by atoms with van der Waals surface area (Å²) in [7, 11) is 4.99. The largest absolute Gasteiger partial charge is 0.350 e. The van der Waals surface area contributed by atoms with Crippen LogP contribution in [0.1, 0.15) is 0 Å². The van der Waals surface area contributed by atoms with Gasteiger partial charge in [0, 0.05) is 21.1 Å². The number of nitrogens with zero attached hydrogens (tertiary/aromatic N) is 3. The second-order valence-corrected chi connectivity index (χ2v) is 3.82. The third-order valence-corrected chi connectivity index (χ3v) is 2.56. The van der Waals surface area contributed by atoms with Crippen LogP contribution in [0, 0.1) is 0 Å². The summed E-state index contributed by atoms with van der Waals surface area (Å²) < 4.78 is 2.58. The number of para-hydroxylation sites is 1. The maximum atomic E-state index is 12.1. The maximum Gasteiger partial charge on any atom is 0.350 e. The van der Waals surface area contributed by atoms with Crippen molar-refractivity contribution in [3.05, 3.63) is 45.1 Å². The average Bonchev–Trinajstić information content (AvgIpc) is 2.26. The Morgan fingerprint density at radius 3 is 2.38 bits per heavy atom. The molecule has 0 amide bonds. The fraction of sp³-hybridized carbons (Fsp3) is 0.273. The van der Waals surface area contributed by atoms with Crippen molar-refractivity contribution in [1.29, 1.82) is 0 Å². The molecular formula is C11H13N3O2. The van der Waals surface area contributed by atoms with Crippen molar-refractivity contribution in [2.75, 3.05) is 19.1 Å². The van der Waals surface area contributed by atoms with E-state index in [4.69, 9.17) is 0 Å². The van der Waals surface area contributed by atoms with E-state index in [2.05, 4.69) is 0 Å². The molecule has 0 bridgehead atoms. The molecule has 0 saturated carbocycles. The number of hydrogen-bond acceptors (Lipinski definition) is 3. The first-order valence-electron chi connectivity index (χ1n) is 4.92. The molecule has 0 aliphatic rings. The van der Waals surface area contributed by atoms with Crippen LogP contribution in [0.4, 0.5) is 0 Å². The van der Waals surface area contributed by atoms with Gasteiger partial charge in [0.25, 0.3) is 5.56 Å². The Morgan fingerprint density at radius 1 is 1.12 bits per heavy atom. The summed E-state index contributed by atoms with van der Waals surface area (Å²) in [6.07, 6.45) is 0. The molecule has 0 saturated heterocycles. The van der Waals surface area contributed by atoms with Crippen LogP contribution >= 0.6 is 0 Å². The fourth-order valence-electron chi connectivity index (χ4n) is 1.75. The van der Waals surface area contributed by atoms with E-state index >= 15 is 0 Å². The summed E-state index contributed by atoms with van der Waals surface area (Å²) >= 11 is 0. The number of aromatic nitrogens is 2. The molecule has 0 aliphatic heterocycles. The SMILES string of the molecule is CN(C)n1c(=O)c2ccccc2n(C)c1=O. The van der Waals surface area contributed by atoms with Gasteiger partial charge in [-0.15, -0.1) is 0 Å². The Labute approximate surface area is 92.1 Å². The summed E-state index contributed by atoms with van der Waals surface area (Å²) in [5, 5.41) is 2.02. The molecular weight excluding hydrogens is 206 g/mol. The molecule has 0 unspecified atom stereocenters. The highest BCUT2D eigenvalue weighted by molar-refractivity contribution is 5.77. The van der Waals surface area contributed by atoms with Crippen LogP contribution in [0.2, 0.25) is 0 Å². The Balaban J connectivity index is 3.07. The Kier molecular flexibility index (Phi) is 2.30. The molecule has 84 valence electrons. The molecule has 0 radical (unpaired) electrons. The molecule has 0 N–H and O–H groups in total. The van der Waals surface area contributed by atoms with Gasteiger partial charge in [0.2, 0.25) is 0 Å². The van der Waals surface area contributed by atoms with E-state index in [0.29, 0.717) is 10.9 Å². The predicted octanol–water partition coefficient (Wildman–Crippen LogP) is -0.102. The van der Waals surface area contributed by atoms with Gasteiger partial charge in [-0.1, -0.05) is 12.1 Å². The van der Waals surface area contributed by atoms with Crippen molar-refractivity contribution in [1.82, 2.24) is 9.24 Å². The number of fused-ring (bicyclic) bond motifs is 1. The summed E-state index contributed by atoms with van der Waals surface area (Å²) in [5.74, 6) is 0. The van der Waals surface area contributed by atoms with Crippen molar-refractivity contribution in [2.24, 2.45) is 7.05 Å². The molecule has 0 fully saturated rings. The molecule has 0 spiro atoms. The van der Waals surface area contributed by atoms with Crippen molar-refractivity contribution in [3.63, 3.8) is 0 Å². The second-order valence-electron chi connectivity index (χ2n) is 3.82. The van der Waals surface area contributed by atoms with Crippen LogP contribution in [0.15, 0.2) is 33.9 Å². The van der Waals surface area contributed by atoms with E-state index in [1.807, 2.05) is 0 Å². The van der Waals surface area contributed by atoms with E-state index < -0.39 is 0 Å². The highest BCUT2D eigenvalue weighted by atomic mass is 16.2. The van der Waals surface area contributed by atoms with Crippen molar-refractivity contribution in [3.8, 4) is 0 Å². The topological polar surface area (TPSA) is 47.2 Å². The molecule has 1 aromatic carbocycles. The Bertz CT molecular complexity index is 652. The molecule has 0 aliphatic carbocycles. The highest BCUT2D eigenvalue weighted by Gasteiger charge is 2.10. The molecule has 5 nitrogen and oxygen atoms in total. The molecule has 1 aromatic heterocycles. The molecule has 2 rings (SSSR count). The average molecular weight is 219 g/mol. The smallest absolute Gasteiger partial charge is 0.312 e. The minimum atomic E-state index is -0.339. The Morgan fingerprint density at radius 2 is 1.75 bits per heavy atom. The summed E-state index contributed by atoms with van der Waals surface area (Å²) in [6, 6.07) is 7.07. The van der Waals surface area contributed by atoms with Crippen molar-refractivity contribution < 1.29 is 0 Å². The molecule has 16 heavy (non-hydrogen) atoms. The Hall–Kier alpha value is -2.04. The maximum absolute atomic E-state index is 12.1. The van der Waals surface area contributed by atoms with E-state index in [9.17, 15) is 9.59 Å². The number of benzene rings is 1. The van der Waals surface area contributed by atoms with E-state index in [-0.39, 0.29) is 11.2 Å². The normalized spacial score (nSPS) is 10.7. The lowest BCUT2D eigenvalue weighted by Gasteiger charge is -2.16. The molecule has 2 aromatic rings. The summed E-state index contributed by atoms with van der Waals surface area (Å²) in [4.78, 5) is 24.0. The van der Waals surface area contributed by atoms with Gasteiger partial charge in [-0.2, -0.15) is 4.68 Å². The zero-order valence-electron chi connectivity index (χ0n) is 9.47.